The minimum Gasteiger partial charge on any atom is -0.342 e. The molecule has 0 unspecified atom stereocenters. The molecule has 3 rings (SSSR count). The third kappa shape index (κ3) is 4.05. The van der Waals surface area contributed by atoms with Crippen molar-refractivity contribution in [2.24, 2.45) is 7.05 Å². The lowest BCUT2D eigenvalue weighted by Gasteiger charge is -2.19. The molecule has 0 saturated carbocycles. The van der Waals surface area contributed by atoms with Crippen LogP contribution in [0.1, 0.15) is 39.9 Å². The van der Waals surface area contributed by atoms with Crippen LogP contribution < -0.4 is 5.32 Å². The van der Waals surface area contributed by atoms with Crippen molar-refractivity contribution in [2.45, 2.75) is 18.9 Å². The lowest BCUT2D eigenvalue weighted by Crippen LogP contribution is -2.31. The second-order valence-corrected chi connectivity index (χ2v) is 6.77. The van der Waals surface area contributed by atoms with Gasteiger partial charge < -0.3 is 9.88 Å². The maximum absolute atomic E-state index is 14.3. The summed E-state index contributed by atoms with van der Waals surface area (Å²) >= 11 is 1.35. The first-order valence-electron chi connectivity index (χ1n) is 8.14. The molecule has 0 aliphatic rings. The number of hydrogen-bond donors (Lipinski definition) is 1. The molecule has 3 aromatic rings. The Balaban J connectivity index is 1.74. The van der Waals surface area contributed by atoms with Gasteiger partial charge in [0.1, 0.15) is 17.7 Å². The van der Waals surface area contributed by atoms with E-state index in [-0.39, 0.29) is 24.5 Å². The largest absolute Gasteiger partial charge is 0.342 e. The van der Waals surface area contributed by atoms with Crippen molar-refractivity contribution in [1.29, 1.82) is 0 Å². The van der Waals surface area contributed by atoms with Gasteiger partial charge in [-0.05, 0) is 17.5 Å². The van der Waals surface area contributed by atoms with E-state index in [1.807, 2.05) is 5.38 Å². The Hall–Kier alpha value is -2.80. The average molecular weight is 371 g/mol. The van der Waals surface area contributed by atoms with E-state index >= 15 is 0 Å². The van der Waals surface area contributed by atoms with E-state index in [0.29, 0.717) is 16.3 Å². The highest BCUT2D eigenvalue weighted by Gasteiger charge is 2.23. The smallest absolute Gasteiger partial charge is 0.221 e. The van der Waals surface area contributed by atoms with E-state index in [1.165, 1.54) is 17.4 Å². The first-order valence-corrected chi connectivity index (χ1v) is 9.02. The quantitative estimate of drug-likeness (QED) is 0.647. The zero-order chi connectivity index (χ0) is 18.5. The van der Waals surface area contributed by atoms with Crippen LogP contribution in [-0.4, -0.2) is 21.2 Å². The average Bonchev–Trinajstić information content (AvgIpc) is 3.30. The minimum atomic E-state index is -0.722. The lowest BCUT2D eigenvalue weighted by molar-refractivity contribution is -0.121. The number of halogens is 1. The summed E-state index contributed by atoms with van der Waals surface area (Å²) in [6.07, 6.45) is 3.47. The van der Waals surface area contributed by atoms with Crippen molar-refractivity contribution in [1.82, 2.24) is 14.9 Å². The molecule has 7 heteroatoms. The molecule has 0 radical (unpaired) electrons. The van der Waals surface area contributed by atoms with E-state index in [9.17, 15) is 14.0 Å². The molecule has 1 aromatic carbocycles. The summed E-state index contributed by atoms with van der Waals surface area (Å²) in [5.41, 5.74) is 0.333. The number of ketones is 1. The predicted molar refractivity (Wildman–Crippen MR) is 97.5 cm³/mol. The Kier molecular flexibility index (Phi) is 5.58. The summed E-state index contributed by atoms with van der Waals surface area (Å²) in [6.45, 7) is 0. The van der Waals surface area contributed by atoms with E-state index in [2.05, 4.69) is 10.3 Å². The number of aromatic nitrogens is 2. The monoisotopic (exact) mass is 371 g/mol. The zero-order valence-corrected chi connectivity index (χ0v) is 15.0. The number of Topliss-reactive ketones (excluding diaryl/α,β-unsaturated/α-hetero) is 1. The van der Waals surface area contributed by atoms with Gasteiger partial charge in [0.2, 0.25) is 5.91 Å². The normalized spacial score (nSPS) is 11.9. The molecule has 0 fully saturated rings. The number of amides is 1. The van der Waals surface area contributed by atoms with Gasteiger partial charge in [-0.25, -0.2) is 9.37 Å². The van der Waals surface area contributed by atoms with Crippen molar-refractivity contribution in [3.63, 3.8) is 0 Å². The van der Waals surface area contributed by atoms with Crippen molar-refractivity contribution in [3.05, 3.63) is 76.3 Å². The summed E-state index contributed by atoms with van der Waals surface area (Å²) in [7, 11) is 1.78. The van der Waals surface area contributed by atoms with Gasteiger partial charge >= 0.3 is 0 Å². The SMILES string of the molecule is Cn1ccnc1[C@@H](NC(=O)CCC(=O)c1cccs1)c1ccccc1F. The van der Waals surface area contributed by atoms with Gasteiger partial charge in [0.05, 0.1) is 4.88 Å². The first kappa shape index (κ1) is 18.0. The molecular formula is C19H18FN3O2S. The molecule has 0 aliphatic heterocycles. The van der Waals surface area contributed by atoms with Crippen LogP contribution in [-0.2, 0) is 11.8 Å². The molecule has 134 valence electrons. The molecule has 0 spiro atoms. The number of nitrogens with zero attached hydrogens (tertiary/aromatic N) is 2. The predicted octanol–water partition coefficient (Wildman–Crippen LogP) is 3.49. The van der Waals surface area contributed by atoms with E-state index in [1.54, 1.807) is 54.3 Å². The lowest BCUT2D eigenvalue weighted by atomic mass is 10.0. The van der Waals surface area contributed by atoms with Crippen LogP contribution >= 0.6 is 11.3 Å². The van der Waals surface area contributed by atoms with Crippen molar-refractivity contribution >= 4 is 23.0 Å². The highest BCUT2D eigenvalue weighted by atomic mass is 32.1. The third-order valence-corrected chi connectivity index (χ3v) is 4.92. The number of rotatable bonds is 7. The van der Waals surface area contributed by atoms with Crippen LogP contribution in [0.3, 0.4) is 0 Å². The van der Waals surface area contributed by atoms with Crippen molar-refractivity contribution in [3.8, 4) is 0 Å². The molecule has 0 bridgehead atoms. The number of imidazole rings is 1. The number of carbonyl (C=O) groups excluding carboxylic acids is 2. The third-order valence-electron chi connectivity index (χ3n) is 4.01. The van der Waals surface area contributed by atoms with Crippen molar-refractivity contribution in [2.75, 3.05) is 0 Å². The highest BCUT2D eigenvalue weighted by Crippen LogP contribution is 2.23. The van der Waals surface area contributed by atoms with Crippen LogP contribution in [0.4, 0.5) is 4.39 Å². The molecule has 2 aromatic heterocycles. The molecule has 0 aliphatic carbocycles. The Morgan fingerprint density at radius 3 is 2.69 bits per heavy atom. The number of nitrogens with one attached hydrogen (secondary N) is 1. The number of thiophene rings is 1. The molecular weight excluding hydrogens is 353 g/mol. The fourth-order valence-electron chi connectivity index (χ4n) is 2.67. The molecule has 1 amide bonds. The Morgan fingerprint density at radius 1 is 1.23 bits per heavy atom. The summed E-state index contributed by atoms with van der Waals surface area (Å²) in [5.74, 6) is -0.302. The van der Waals surface area contributed by atoms with Gasteiger partial charge in [0, 0.05) is 37.8 Å². The standard InChI is InChI=1S/C19H18FN3O2S/c1-23-11-10-21-19(23)18(13-5-2-3-6-14(13)20)22-17(25)9-8-15(24)16-7-4-12-26-16/h2-7,10-12,18H,8-9H2,1H3,(H,22,25)/t18-/m0/s1. The van der Waals surface area contributed by atoms with Crippen LogP contribution in [0.2, 0.25) is 0 Å². The fourth-order valence-corrected chi connectivity index (χ4v) is 3.36. The van der Waals surface area contributed by atoms with Crippen LogP contribution in [0.25, 0.3) is 0 Å². The fraction of sp³-hybridized carbons (Fsp3) is 0.211. The second-order valence-electron chi connectivity index (χ2n) is 5.82. The molecule has 26 heavy (non-hydrogen) atoms. The topological polar surface area (TPSA) is 64.0 Å². The van der Waals surface area contributed by atoms with Gasteiger partial charge in [-0.1, -0.05) is 24.3 Å². The maximum atomic E-state index is 14.3. The Morgan fingerprint density at radius 2 is 2.04 bits per heavy atom. The van der Waals surface area contributed by atoms with Gasteiger partial charge in [-0.15, -0.1) is 11.3 Å². The summed E-state index contributed by atoms with van der Waals surface area (Å²) in [4.78, 5) is 29.3. The highest BCUT2D eigenvalue weighted by molar-refractivity contribution is 7.12. The number of hydrogen-bond acceptors (Lipinski definition) is 4. The van der Waals surface area contributed by atoms with Crippen LogP contribution in [0, 0.1) is 5.82 Å². The van der Waals surface area contributed by atoms with Crippen LogP contribution in [0.15, 0.2) is 54.2 Å². The molecule has 0 saturated heterocycles. The van der Waals surface area contributed by atoms with E-state index < -0.39 is 11.9 Å². The number of benzene rings is 1. The molecule has 5 nitrogen and oxygen atoms in total. The summed E-state index contributed by atoms with van der Waals surface area (Å²) in [5, 5.41) is 4.63. The second kappa shape index (κ2) is 8.05. The summed E-state index contributed by atoms with van der Waals surface area (Å²) < 4.78 is 16.0. The Labute approximate surface area is 154 Å². The first-order chi connectivity index (χ1) is 12.6. The molecule has 1 N–H and O–H groups in total. The maximum Gasteiger partial charge on any atom is 0.221 e. The zero-order valence-electron chi connectivity index (χ0n) is 14.2. The number of carbonyl (C=O) groups is 2. The van der Waals surface area contributed by atoms with Gasteiger partial charge in [-0.3, -0.25) is 9.59 Å². The molecule has 1 atom stereocenters. The van der Waals surface area contributed by atoms with Crippen molar-refractivity contribution < 1.29 is 14.0 Å². The molecule has 2 heterocycles. The van der Waals surface area contributed by atoms with E-state index in [0.717, 1.165) is 0 Å². The van der Waals surface area contributed by atoms with Gasteiger partial charge in [-0.2, -0.15) is 0 Å². The number of aryl methyl sites for hydroxylation is 1. The Bertz CT molecular complexity index is 905. The van der Waals surface area contributed by atoms with Crippen LogP contribution in [0.5, 0.6) is 0 Å². The van der Waals surface area contributed by atoms with E-state index in [4.69, 9.17) is 0 Å². The van der Waals surface area contributed by atoms with Gasteiger partial charge in [0.25, 0.3) is 0 Å². The summed E-state index contributed by atoms with van der Waals surface area (Å²) in [6, 6.07) is 9.08. The van der Waals surface area contributed by atoms with Gasteiger partial charge in [0.15, 0.2) is 5.78 Å². The minimum absolute atomic E-state index is 0.0338.